The van der Waals surface area contributed by atoms with Gasteiger partial charge in [0.1, 0.15) is 5.75 Å². The molecule has 0 heterocycles. The van der Waals surface area contributed by atoms with E-state index in [2.05, 4.69) is 25.2 Å². The van der Waals surface area contributed by atoms with E-state index in [1.165, 1.54) is 5.57 Å². The number of aromatic hydroxyl groups is 1. The first-order valence-electron chi connectivity index (χ1n) is 5.49. The summed E-state index contributed by atoms with van der Waals surface area (Å²) in [5.74, 6) is 0.386. The number of allylic oxidation sites excluding steroid dienone is 2. The van der Waals surface area contributed by atoms with Crippen molar-refractivity contribution in [2.75, 3.05) is 0 Å². The van der Waals surface area contributed by atoms with Crippen LogP contribution in [0.25, 0.3) is 12.2 Å². The van der Waals surface area contributed by atoms with Crippen LogP contribution in [0.15, 0.2) is 29.8 Å². The zero-order chi connectivity index (χ0) is 10.7. The van der Waals surface area contributed by atoms with Crippen molar-refractivity contribution in [1.29, 1.82) is 0 Å². The lowest BCUT2D eigenvalue weighted by Gasteiger charge is -2.04. The Labute approximate surface area is 90.1 Å². The zero-order valence-electron chi connectivity index (χ0n) is 9.03. The second-order valence-electron chi connectivity index (χ2n) is 3.87. The van der Waals surface area contributed by atoms with E-state index in [0.29, 0.717) is 5.75 Å². The van der Waals surface area contributed by atoms with Gasteiger partial charge in [0.05, 0.1) is 0 Å². The van der Waals surface area contributed by atoms with Gasteiger partial charge >= 0.3 is 0 Å². The lowest BCUT2D eigenvalue weighted by atomic mass is 10.0. The summed E-state index contributed by atoms with van der Waals surface area (Å²) in [4.78, 5) is 0. The Balaban J connectivity index is 2.63. The van der Waals surface area contributed by atoms with E-state index < -0.39 is 0 Å². The zero-order valence-corrected chi connectivity index (χ0v) is 9.03. The van der Waals surface area contributed by atoms with Crippen molar-refractivity contribution >= 4 is 12.2 Å². The fourth-order valence-corrected chi connectivity index (χ4v) is 1.93. The summed E-state index contributed by atoms with van der Waals surface area (Å²) in [6, 6.07) is 5.68. The van der Waals surface area contributed by atoms with Gasteiger partial charge in [0.15, 0.2) is 0 Å². The van der Waals surface area contributed by atoms with Gasteiger partial charge in [-0.2, -0.15) is 0 Å². The first kappa shape index (κ1) is 10.0. The third kappa shape index (κ3) is 2.12. The molecular weight excluding hydrogens is 184 g/mol. The first-order chi connectivity index (χ1) is 7.31. The monoisotopic (exact) mass is 200 g/mol. The quantitative estimate of drug-likeness (QED) is 0.736. The minimum absolute atomic E-state index is 0.386. The van der Waals surface area contributed by atoms with Crippen LogP contribution < -0.4 is 10.4 Å². The van der Waals surface area contributed by atoms with Gasteiger partial charge in [-0.05, 0) is 30.5 Å². The van der Waals surface area contributed by atoms with Gasteiger partial charge in [-0.15, -0.1) is 0 Å². The lowest BCUT2D eigenvalue weighted by molar-refractivity contribution is 0.470. The Kier molecular flexibility index (Phi) is 2.91. The number of rotatable bonds is 1. The molecule has 1 aromatic carbocycles. The number of phenolic OH excluding ortho intramolecular Hbond substituents is 1. The topological polar surface area (TPSA) is 20.2 Å². The van der Waals surface area contributed by atoms with Crippen LogP contribution in [-0.2, 0) is 0 Å². The molecule has 1 heteroatoms. The highest BCUT2D eigenvalue weighted by Crippen LogP contribution is 2.11. The minimum atomic E-state index is 0.386. The Morgan fingerprint density at radius 1 is 1.27 bits per heavy atom. The molecule has 0 spiro atoms. The molecule has 0 aromatic heterocycles. The van der Waals surface area contributed by atoms with Gasteiger partial charge in [0, 0.05) is 5.22 Å². The number of hydrogen-bond acceptors (Lipinski definition) is 1. The van der Waals surface area contributed by atoms with Crippen LogP contribution in [0.1, 0.15) is 26.2 Å². The lowest BCUT2D eigenvalue weighted by Crippen LogP contribution is -2.24. The Morgan fingerprint density at radius 3 is 2.93 bits per heavy atom. The molecule has 0 bridgehead atoms. The first-order valence-corrected chi connectivity index (χ1v) is 5.49. The molecule has 15 heavy (non-hydrogen) atoms. The van der Waals surface area contributed by atoms with E-state index in [1.807, 2.05) is 12.1 Å². The summed E-state index contributed by atoms with van der Waals surface area (Å²) in [6.07, 6.45) is 9.63. The van der Waals surface area contributed by atoms with Crippen LogP contribution in [0.3, 0.4) is 0 Å². The maximum Gasteiger partial charge on any atom is 0.123 e. The van der Waals surface area contributed by atoms with Crippen LogP contribution in [0.2, 0.25) is 0 Å². The Morgan fingerprint density at radius 2 is 2.13 bits per heavy atom. The average molecular weight is 200 g/mol. The van der Waals surface area contributed by atoms with E-state index >= 15 is 0 Å². The summed E-state index contributed by atoms with van der Waals surface area (Å²) in [6.45, 7) is 2.19. The fourth-order valence-electron chi connectivity index (χ4n) is 1.93. The number of benzene rings is 1. The van der Waals surface area contributed by atoms with Gasteiger partial charge in [0.25, 0.3) is 0 Å². The second kappa shape index (κ2) is 4.35. The molecule has 1 nitrogen and oxygen atoms in total. The maximum atomic E-state index is 9.72. The van der Waals surface area contributed by atoms with Crippen molar-refractivity contribution in [2.45, 2.75) is 26.2 Å². The molecule has 0 atom stereocenters. The summed E-state index contributed by atoms with van der Waals surface area (Å²) in [5, 5.41) is 11.8. The van der Waals surface area contributed by atoms with E-state index in [1.54, 1.807) is 6.07 Å². The van der Waals surface area contributed by atoms with E-state index in [9.17, 15) is 5.11 Å². The molecule has 1 aliphatic rings. The van der Waals surface area contributed by atoms with Crippen molar-refractivity contribution in [1.82, 2.24) is 0 Å². The summed E-state index contributed by atoms with van der Waals surface area (Å²) in [5.41, 5.74) is 1.47. The standard InChI is InChI=1S/C14H16O/c1-2-11-5-3-7-13-12(10-9-11)6-4-8-14(13)15/h4,6-10,15H,2-3,5H2,1H3/b11-9-,12-10-,13-7-. The molecule has 1 aromatic rings. The van der Waals surface area contributed by atoms with Crippen molar-refractivity contribution in [3.8, 4) is 5.75 Å². The highest BCUT2D eigenvalue weighted by atomic mass is 16.3. The molecule has 0 amide bonds. The molecule has 0 fully saturated rings. The second-order valence-corrected chi connectivity index (χ2v) is 3.87. The normalized spacial score (nSPS) is 23.1. The Bertz CT molecular complexity index is 495. The van der Waals surface area contributed by atoms with E-state index in [-0.39, 0.29) is 0 Å². The molecule has 2 rings (SSSR count). The summed E-state index contributed by atoms with van der Waals surface area (Å²) in [7, 11) is 0. The smallest absolute Gasteiger partial charge is 0.123 e. The van der Waals surface area contributed by atoms with Gasteiger partial charge in [-0.25, -0.2) is 0 Å². The number of fused-ring (bicyclic) bond motifs is 1. The van der Waals surface area contributed by atoms with Crippen molar-refractivity contribution in [3.63, 3.8) is 0 Å². The van der Waals surface area contributed by atoms with Gasteiger partial charge in [-0.1, -0.05) is 42.9 Å². The number of phenols is 1. The predicted octanol–water partition coefficient (Wildman–Crippen LogP) is 2.08. The average Bonchev–Trinajstić information content (AvgIpc) is 2.21. The van der Waals surface area contributed by atoms with Gasteiger partial charge in [0.2, 0.25) is 0 Å². The molecule has 78 valence electrons. The van der Waals surface area contributed by atoms with E-state index in [4.69, 9.17) is 0 Å². The highest BCUT2D eigenvalue weighted by Gasteiger charge is 1.98. The molecule has 0 saturated carbocycles. The highest BCUT2D eigenvalue weighted by molar-refractivity contribution is 5.46. The maximum absolute atomic E-state index is 9.72. The summed E-state index contributed by atoms with van der Waals surface area (Å²) < 4.78 is 0. The van der Waals surface area contributed by atoms with Crippen LogP contribution in [0, 0.1) is 0 Å². The summed E-state index contributed by atoms with van der Waals surface area (Å²) >= 11 is 0. The third-order valence-corrected chi connectivity index (χ3v) is 2.88. The van der Waals surface area contributed by atoms with Crippen LogP contribution in [0.4, 0.5) is 0 Å². The van der Waals surface area contributed by atoms with Gasteiger partial charge in [-0.3, -0.25) is 0 Å². The SMILES string of the molecule is CC/C1=C/C=c2/cccc(O)/c2=C\CC1. The van der Waals surface area contributed by atoms with Crippen molar-refractivity contribution in [3.05, 3.63) is 40.3 Å². The Hall–Kier alpha value is -1.50. The fraction of sp³-hybridized carbons (Fsp3) is 0.286. The molecule has 0 radical (unpaired) electrons. The third-order valence-electron chi connectivity index (χ3n) is 2.88. The van der Waals surface area contributed by atoms with Crippen LogP contribution in [0.5, 0.6) is 5.75 Å². The number of hydrogen-bond donors (Lipinski definition) is 1. The van der Waals surface area contributed by atoms with E-state index in [0.717, 1.165) is 29.7 Å². The van der Waals surface area contributed by atoms with Crippen molar-refractivity contribution < 1.29 is 5.11 Å². The largest absolute Gasteiger partial charge is 0.507 e. The predicted molar refractivity (Wildman–Crippen MR) is 63.9 cm³/mol. The minimum Gasteiger partial charge on any atom is -0.507 e. The molecule has 0 saturated heterocycles. The molecular formula is C14H16O. The molecule has 0 aliphatic heterocycles. The van der Waals surface area contributed by atoms with Crippen molar-refractivity contribution in [2.24, 2.45) is 0 Å². The van der Waals surface area contributed by atoms with Crippen LogP contribution >= 0.6 is 0 Å². The van der Waals surface area contributed by atoms with Crippen LogP contribution in [-0.4, -0.2) is 5.11 Å². The molecule has 1 aliphatic carbocycles. The molecule has 0 unspecified atom stereocenters. The van der Waals surface area contributed by atoms with Gasteiger partial charge < -0.3 is 5.11 Å². The molecule has 1 N–H and O–H groups in total.